The first-order chi connectivity index (χ1) is 12.9. The lowest BCUT2D eigenvalue weighted by molar-refractivity contribution is 0.129. The highest BCUT2D eigenvalue weighted by atomic mass is 16.4. The fraction of sp³-hybridized carbons (Fsp3) is 0.737. The molecular formula is C19H31N5O3. The maximum absolute atomic E-state index is 12.0. The third-order valence-corrected chi connectivity index (χ3v) is 6.26. The zero-order valence-electron chi connectivity index (χ0n) is 16.0. The van der Waals surface area contributed by atoms with Crippen molar-refractivity contribution in [3.8, 4) is 0 Å². The Bertz CT molecular complexity index is 691. The van der Waals surface area contributed by atoms with Crippen LogP contribution in [0.2, 0.25) is 0 Å². The van der Waals surface area contributed by atoms with Crippen LogP contribution in [0, 0.1) is 5.92 Å². The molecule has 3 rings (SSSR count). The molecule has 2 saturated carbocycles. The third kappa shape index (κ3) is 5.22. The highest BCUT2D eigenvalue weighted by Crippen LogP contribution is 2.33. The number of carbonyl (C=O) groups is 1. The minimum atomic E-state index is -0.918. The predicted molar refractivity (Wildman–Crippen MR) is 104 cm³/mol. The molecule has 0 saturated heterocycles. The molecule has 1 amide bonds. The summed E-state index contributed by atoms with van der Waals surface area (Å²) in [5, 5.41) is 11.4. The van der Waals surface area contributed by atoms with E-state index in [1.54, 1.807) is 16.8 Å². The molecule has 2 aliphatic carbocycles. The van der Waals surface area contributed by atoms with Gasteiger partial charge in [-0.1, -0.05) is 0 Å². The molecule has 1 heterocycles. The van der Waals surface area contributed by atoms with Gasteiger partial charge in [0.2, 0.25) is 0 Å². The standard InChI is InChI=1S/C19H31N5O3/c1-23(15-8-4-14(5-9-15)21-19(26)27)12-13-2-6-16(7-3-13)24-11-10-17(20)22-18(24)25/h10-11,13-16,21H,2-9,12H2,1H3,(H,26,27)(H2,20,22,25). The first-order valence-corrected chi connectivity index (χ1v) is 9.96. The van der Waals surface area contributed by atoms with Crippen LogP contribution in [0.4, 0.5) is 10.6 Å². The highest BCUT2D eigenvalue weighted by Gasteiger charge is 2.28. The summed E-state index contributed by atoms with van der Waals surface area (Å²) in [6, 6.07) is 2.56. The van der Waals surface area contributed by atoms with Gasteiger partial charge in [0.05, 0.1) is 0 Å². The minimum Gasteiger partial charge on any atom is -0.465 e. The van der Waals surface area contributed by atoms with E-state index in [0.717, 1.165) is 57.9 Å². The fourth-order valence-corrected chi connectivity index (χ4v) is 4.70. The number of nitrogens with zero attached hydrogens (tertiary/aromatic N) is 3. The maximum Gasteiger partial charge on any atom is 0.404 e. The molecule has 0 unspecified atom stereocenters. The molecule has 0 radical (unpaired) electrons. The molecule has 0 aromatic carbocycles. The molecule has 27 heavy (non-hydrogen) atoms. The van der Waals surface area contributed by atoms with Gasteiger partial charge in [-0.3, -0.25) is 4.57 Å². The monoisotopic (exact) mass is 377 g/mol. The second-order valence-corrected chi connectivity index (χ2v) is 8.11. The predicted octanol–water partition coefficient (Wildman–Crippen LogP) is 2.07. The zero-order valence-corrected chi connectivity index (χ0v) is 16.0. The van der Waals surface area contributed by atoms with Gasteiger partial charge in [-0.15, -0.1) is 0 Å². The highest BCUT2D eigenvalue weighted by molar-refractivity contribution is 5.64. The number of carboxylic acid groups (broad SMARTS) is 1. The van der Waals surface area contributed by atoms with Crippen molar-refractivity contribution in [3.05, 3.63) is 22.7 Å². The molecule has 2 aliphatic rings. The SMILES string of the molecule is CN(CC1CCC(n2ccc(N)nc2=O)CC1)C1CCC(NC(=O)O)CC1. The Kier molecular flexibility index (Phi) is 6.36. The van der Waals surface area contributed by atoms with Gasteiger partial charge >= 0.3 is 11.8 Å². The molecule has 0 spiro atoms. The zero-order chi connectivity index (χ0) is 19.4. The van der Waals surface area contributed by atoms with E-state index >= 15 is 0 Å². The summed E-state index contributed by atoms with van der Waals surface area (Å²) in [6.45, 7) is 1.07. The molecule has 0 aliphatic heterocycles. The number of anilines is 1. The number of rotatable bonds is 5. The van der Waals surface area contributed by atoms with E-state index in [9.17, 15) is 9.59 Å². The van der Waals surface area contributed by atoms with Crippen LogP contribution in [0.1, 0.15) is 57.4 Å². The van der Waals surface area contributed by atoms with Crippen molar-refractivity contribution in [3.63, 3.8) is 0 Å². The van der Waals surface area contributed by atoms with Crippen LogP contribution in [-0.4, -0.2) is 51.3 Å². The molecule has 150 valence electrons. The van der Waals surface area contributed by atoms with Gasteiger partial charge < -0.3 is 21.1 Å². The Balaban J connectivity index is 1.44. The van der Waals surface area contributed by atoms with Crippen LogP contribution in [0.25, 0.3) is 0 Å². The molecule has 1 aromatic rings. The third-order valence-electron chi connectivity index (χ3n) is 6.26. The van der Waals surface area contributed by atoms with Gasteiger partial charge in [0, 0.05) is 30.9 Å². The van der Waals surface area contributed by atoms with E-state index < -0.39 is 6.09 Å². The molecule has 8 heteroatoms. The van der Waals surface area contributed by atoms with Gasteiger partial charge in [-0.2, -0.15) is 4.98 Å². The van der Waals surface area contributed by atoms with Crippen molar-refractivity contribution in [2.75, 3.05) is 19.3 Å². The lowest BCUT2D eigenvalue weighted by Crippen LogP contribution is -2.44. The van der Waals surface area contributed by atoms with Crippen LogP contribution >= 0.6 is 0 Å². The summed E-state index contributed by atoms with van der Waals surface area (Å²) in [5.74, 6) is 0.929. The number of amides is 1. The van der Waals surface area contributed by atoms with Crippen LogP contribution in [-0.2, 0) is 0 Å². The average Bonchev–Trinajstić information content (AvgIpc) is 2.63. The average molecular weight is 377 g/mol. The van der Waals surface area contributed by atoms with E-state index in [0.29, 0.717) is 12.0 Å². The molecule has 0 bridgehead atoms. The Morgan fingerprint density at radius 2 is 1.93 bits per heavy atom. The van der Waals surface area contributed by atoms with Crippen LogP contribution < -0.4 is 16.7 Å². The van der Waals surface area contributed by atoms with Gasteiger partial charge in [0.15, 0.2) is 0 Å². The number of hydrogen-bond acceptors (Lipinski definition) is 5. The molecule has 8 nitrogen and oxygen atoms in total. The summed E-state index contributed by atoms with van der Waals surface area (Å²) in [6.07, 6.45) is 9.00. The lowest BCUT2D eigenvalue weighted by Gasteiger charge is -2.38. The maximum atomic E-state index is 12.0. The molecule has 4 N–H and O–H groups in total. The normalized spacial score (nSPS) is 28.8. The molecule has 0 atom stereocenters. The second-order valence-electron chi connectivity index (χ2n) is 8.11. The number of nitrogens with two attached hydrogens (primary N) is 1. The quantitative estimate of drug-likeness (QED) is 0.724. The Morgan fingerprint density at radius 3 is 2.52 bits per heavy atom. The van der Waals surface area contributed by atoms with E-state index in [4.69, 9.17) is 10.8 Å². The number of aromatic nitrogens is 2. The molecule has 1 aromatic heterocycles. The van der Waals surface area contributed by atoms with Gasteiger partial charge in [0.25, 0.3) is 0 Å². The topological polar surface area (TPSA) is 113 Å². The summed E-state index contributed by atoms with van der Waals surface area (Å²) < 4.78 is 1.73. The summed E-state index contributed by atoms with van der Waals surface area (Å²) in [5.41, 5.74) is 5.33. The van der Waals surface area contributed by atoms with Gasteiger partial charge in [-0.05, 0) is 70.4 Å². The Labute approximate surface area is 159 Å². The lowest BCUT2D eigenvalue weighted by atomic mass is 9.84. The van der Waals surface area contributed by atoms with Gasteiger partial charge in [0.1, 0.15) is 5.82 Å². The van der Waals surface area contributed by atoms with Crippen LogP contribution in [0.5, 0.6) is 0 Å². The van der Waals surface area contributed by atoms with Crippen molar-refractivity contribution in [1.29, 1.82) is 0 Å². The fourth-order valence-electron chi connectivity index (χ4n) is 4.70. The van der Waals surface area contributed by atoms with E-state index in [1.165, 1.54) is 0 Å². The molecular weight excluding hydrogens is 346 g/mol. The van der Waals surface area contributed by atoms with Crippen LogP contribution in [0.3, 0.4) is 0 Å². The Hall–Kier alpha value is -2.09. The summed E-state index contributed by atoms with van der Waals surface area (Å²) in [7, 11) is 2.19. The number of hydrogen-bond donors (Lipinski definition) is 3. The molecule has 2 fully saturated rings. The van der Waals surface area contributed by atoms with E-state index in [-0.39, 0.29) is 23.6 Å². The van der Waals surface area contributed by atoms with Crippen molar-refractivity contribution >= 4 is 11.9 Å². The van der Waals surface area contributed by atoms with Crippen LogP contribution in [0.15, 0.2) is 17.1 Å². The number of nitrogen functional groups attached to an aromatic ring is 1. The van der Waals surface area contributed by atoms with Crippen molar-refractivity contribution in [2.45, 2.75) is 69.5 Å². The number of nitrogens with one attached hydrogen (secondary N) is 1. The smallest absolute Gasteiger partial charge is 0.404 e. The largest absolute Gasteiger partial charge is 0.465 e. The van der Waals surface area contributed by atoms with Crippen molar-refractivity contribution in [1.82, 2.24) is 19.8 Å². The summed E-state index contributed by atoms with van der Waals surface area (Å²) >= 11 is 0. The van der Waals surface area contributed by atoms with E-state index in [1.807, 2.05) is 0 Å². The minimum absolute atomic E-state index is 0.106. The first kappa shape index (κ1) is 19.7. The van der Waals surface area contributed by atoms with Crippen molar-refractivity contribution < 1.29 is 9.90 Å². The van der Waals surface area contributed by atoms with Gasteiger partial charge in [-0.25, -0.2) is 9.59 Å². The Morgan fingerprint density at radius 1 is 1.26 bits per heavy atom. The van der Waals surface area contributed by atoms with E-state index in [2.05, 4.69) is 22.2 Å². The first-order valence-electron chi connectivity index (χ1n) is 9.96. The van der Waals surface area contributed by atoms with Crippen molar-refractivity contribution in [2.24, 2.45) is 5.92 Å². The summed E-state index contributed by atoms with van der Waals surface area (Å²) in [4.78, 5) is 29.1. The second kappa shape index (κ2) is 8.73.